The highest BCUT2D eigenvalue weighted by atomic mass is 14.9. The summed E-state index contributed by atoms with van der Waals surface area (Å²) in [5, 5.41) is 0. The van der Waals surface area contributed by atoms with E-state index >= 15 is 0 Å². The summed E-state index contributed by atoms with van der Waals surface area (Å²) in [6.45, 7) is 19.4. The molecule has 1 fully saturated rings. The molecule has 0 unspecified atom stereocenters. The van der Waals surface area contributed by atoms with Gasteiger partial charge in [0.1, 0.15) is 0 Å². The SMILES string of the molecule is CC1=C(C)C23CC45C(C)=C(C)C4(CC12C(C)=C3C)C(C)=C5C. The predicted octanol–water partition coefficient (Wildman–Crippen LogP) is 6.13. The number of hydrogen-bond donors (Lipinski definition) is 0. The Balaban J connectivity index is 1.81. The molecule has 0 heterocycles. The van der Waals surface area contributed by atoms with Crippen molar-refractivity contribution in [2.24, 2.45) is 21.7 Å². The molecule has 5 aliphatic carbocycles. The summed E-state index contributed by atoms with van der Waals surface area (Å²) < 4.78 is 0. The average molecular weight is 292 g/mol. The fourth-order valence-electron chi connectivity index (χ4n) is 8.46. The van der Waals surface area contributed by atoms with Crippen LogP contribution in [0.15, 0.2) is 44.6 Å². The van der Waals surface area contributed by atoms with Crippen molar-refractivity contribution in [1.29, 1.82) is 0 Å². The van der Waals surface area contributed by atoms with Crippen LogP contribution in [-0.2, 0) is 0 Å². The molecule has 0 aliphatic heterocycles. The normalized spacial score (nSPS) is 51.3. The lowest BCUT2D eigenvalue weighted by Crippen LogP contribution is -2.76. The molecule has 0 bridgehead atoms. The highest BCUT2D eigenvalue weighted by Gasteiger charge is 2.84. The van der Waals surface area contributed by atoms with E-state index in [1.165, 1.54) is 12.8 Å². The molecule has 5 rings (SSSR count). The molecule has 0 nitrogen and oxygen atoms in total. The number of hydrogen-bond acceptors (Lipinski definition) is 0. The van der Waals surface area contributed by atoms with E-state index in [0.717, 1.165) is 0 Å². The van der Waals surface area contributed by atoms with E-state index in [9.17, 15) is 0 Å². The van der Waals surface area contributed by atoms with Crippen molar-refractivity contribution in [2.45, 2.75) is 68.2 Å². The van der Waals surface area contributed by atoms with E-state index in [1.54, 1.807) is 44.6 Å². The zero-order valence-electron chi connectivity index (χ0n) is 15.4. The first-order valence-corrected chi connectivity index (χ1v) is 8.91. The Hall–Kier alpha value is -1.04. The van der Waals surface area contributed by atoms with Crippen molar-refractivity contribution in [3.63, 3.8) is 0 Å². The molecule has 0 spiro atoms. The summed E-state index contributed by atoms with van der Waals surface area (Å²) in [5.41, 5.74) is 15.3. The molecule has 0 saturated heterocycles. The molecule has 0 heteroatoms. The molecule has 0 radical (unpaired) electrons. The van der Waals surface area contributed by atoms with E-state index in [4.69, 9.17) is 0 Å². The Labute approximate surface area is 135 Å². The minimum absolute atomic E-state index is 0.411. The lowest BCUT2D eigenvalue weighted by molar-refractivity contribution is -0.115. The van der Waals surface area contributed by atoms with Gasteiger partial charge in [0, 0.05) is 21.7 Å². The summed E-state index contributed by atoms with van der Waals surface area (Å²) >= 11 is 0. The van der Waals surface area contributed by atoms with Gasteiger partial charge in [0.2, 0.25) is 0 Å². The van der Waals surface area contributed by atoms with Crippen LogP contribution >= 0.6 is 0 Å². The van der Waals surface area contributed by atoms with Gasteiger partial charge in [0.05, 0.1) is 0 Å². The fraction of sp³-hybridized carbons (Fsp3) is 0.636. The smallest absolute Gasteiger partial charge is 0.0264 e. The van der Waals surface area contributed by atoms with Crippen LogP contribution in [0.1, 0.15) is 68.2 Å². The maximum Gasteiger partial charge on any atom is 0.0264 e. The van der Waals surface area contributed by atoms with Crippen LogP contribution < -0.4 is 0 Å². The van der Waals surface area contributed by atoms with Gasteiger partial charge < -0.3 is 0 Å². The Kier molecular flexibility index (Phi) is 1.82. The van der Waals surface area contributed by atoms with Crippen LogP contribution in [-0.4, -0.2) is 0 Å². The zero-order valence-corrected chi connectivity index (χ0v) is 15.4. The van der Waals surface area contributed by atoms with Gasteiger partial charge in [-0.2, -0.15) is 0 Å². The molecule has 0 aromatic rings. The van der Waals surface area contributed by atoms with Crippen molar-refractivity contribution < 1.29 is 0 Å². The van der Waals surface area contributed by atoms with Crippen molar-refractivity contribution in [2.75, 3.05) is 0 Å². The Morgan fingerprint density at radius 2 is 0.500 bits per heavy atom. The quantitative estimate of drug-likeness (QED) is 0.471. The van der Waals surface area contributed by atoms with Gasteiger partial charge in [-0.15, -0.1) is 0 Å². The summed E-state index contributed by atoms with van der Waals surface area (Å²) in [4.78, 5) is 0. The van der Waals surface area contributed by atoms with Crippen LogP contribution in [0.25, 0.3) is 0 Å². The Morgan fingerprint density at radius 3 is 0.636 bits per heavy atom. The molecule has 0 N–H and O–H groups in total. The Morgan fingerprint density at radius 1 is 0.364 bits per heavy atom. The third-order valence-electron chi connectivity index (χ3n) is 9.89. The van der Waals surface area contributed by atoms with Gasteiger partial charge in [0.15, 0.2) is 0 Å². The number of rotatable bonds is 0. The van der Waals surface area contributed by atoms with Crippen LogP contribution in [0.3, 0.4) is 0 Å². The van der Waals surface area contributed by atoms with E-state index in [0.29, 0.717) is 21.7 Å². The first-order chi connectivity index (χ1) is 10.2. The molecule has 0 amide bonds. The van der Waals surface area contributed by atoms with Crippen molar-refractivity contribution >= 4 is 0 Å². The third kappa shape index (κ3) is 0.708. The molecule has 0 aromatic carbocycles. The lowest BCUT2D eigenvalue weighted by Gasteiger charge is -2.84. The minimum atomic E-state index is 0.411. The van der Waals surface area contributed by atoms with Crippen LogP contribution in [0.5, 0.6) is 0 Å². The Bertz CT molecular complexity index is 632. The lowest BCUT2D eigenvalue weighted by atomic mass is 9.18. The van der Waals surface area contributed by atoms with Crippen LogP contribution in [0.4, 0.5) is 0 Å². The molecule has 1 saturated carbocycles. The predicted molar refractivity (Wildman–Crippen MR) is 92.5 cm³/mol. The molecule has 0 aromatic heterocycles. The van der Waals surface area contributed by atoms with Gasteiger partial charge in [0.25, 0.3) is 0 Å². The molecular weight excluding hydrogens is 264 g/mol. The average Bonchev–Trinajstić information content (AvgIpc) is 2.54. The first-order valence-electron chi connectivity index (χ1n) is 8.91. The maximum atomic E-state index is 2.42. The van der Waals surface area contributed by atoms with Gasteiger partial charge in [-0.05, 0) is 68.2 Å². The van der Waals surface area contributed by atoms with Gasteiger partial charge in [-0.3, -0.25) is 0 Å². The second-order valence-electron chi connectivity index (χ2n) is 8.97. The zero-order chi connectivity index (χ0) is 16.0. The second-order valence-corrected chi connectivity index (χ2v) is 8.97. The van der Waals surface area contributed by atoms with Crippen molar-refractivity contribution in [3.05, 3.63) is 44.6 Å². The van der Waals surface area contributed by atoms with E-state index in [2.05, 4.69) is 55.4 Å². The first kappa shape index (κ1) is 13.4. The standard InChI is InChI=1S/C22H28/c1-11-12(2)20-10-22-17(7)15(5)21(22,16(6)18(22)8)9-19(11,20)13(3)14(20)4/h9-10H2,1-8H3. The van der Waals surface area contributed by atoms with Crippen LogP contribution in [0.2, 0.25) is 0 Å². The van der Waals surface area contributed by atoms with E-state index in [-0.39, 0.29) is 0 Å². The van der Waals surface area contributed by atoms with Crippen molar-refractivity contribution in [1.82, 2.24) is 0 Å². The van der Waals surface area contributed by atoms with Gasteiger partial charge in [-0.25, -0.2) is 0 Å². The molecule has 5 aliphatic rings. The largest absolute Gasteiger partial charge is 0.0619 e. The highest BCUT2D eigenvalue weighted by Crippen LogP contribution is 2.92. The van der Waals surface area contributed by atoms with Gasteiger partial charge in [-0.1, -0.05) is 44.6 Å². The van der Waals surface area contributed by atoms with Crippen molar-refractivity contribution in [3.8, 4) is 0 Å². The minimum Gasteiger partial charge on any atom is -0.0619 e. The highest BCUT2D eigenvalue weighted by molar-refractivity contribution is 5.74. The maximum absolute atomic E-state index is 2.42. The summed E-state index contributed by atoms with van der Waals surface area (Å²) in [5.74, 6) is 0. The summed E-state index contributed by atoms with van der Waals surface area (Å²) in [6, 6.07) is 0. The van der Waals surface area contributed by atoms with E-state index < -0.39 is 0 Å². The molecular formula is C22H28. The monoisotopic (exact) mass is 292 g/mol. The topological polar surface area (TPSA) is 0 Å². The summed E-state index contributed by atoms with van der Waals surface area (Å²) in [7, 11) is 0. The molecule has 22 heavy (non-hydrogen) atoms. The third-order valence-corrected chi connectivity index (χ3v) is 9.89. The second kappa shape index (κ2) is 2.99. The summed E-state index contributed by atoms with van der Waals surface area (Å²) in [6.07, 6.45) is 2.72. The van der Waals surface area contributed by atoms with E-state index in [1.807, 2.05) is 0 Å². The fourth-order valence-corrected chi connectivity index (χ4v) is 8.46. The molecule has 0 atom stereocenters. The molecule has 116 valence electrons. The van der Waals surface area contributed by atoms with Crippen LogP contribution in [0, 0.1) is 21.7 Å². The van der Waals surface area contributed by atoms with Gasteiger partial charge >= 0.3 is 0 Å². The number of allylic oxidation sites excluding steroid dienone is 8.